The molecule has 1 fully saturated rings. The first kappa shape index (κ1) is 15.0. The van der Waals surface area contributed by atoms with Crippen LogP contribution in [0.2, 0.25) is 0 Å². The SMILES string of the molecule is CCNC(Cc1cncc(Br)c1)C1(CC)CCCC1. The average molecular weight is 325 g/mol. The zero-order chi connectivity index (χ0) is 13.7. The summed E-state index contributed by atoms with van der Waals surface area (Å²) in [6.45, 7) is 5.62. The monoisotopic (exact) mass is 324 g/mol. The van der Waals surface area contributed by atoms with Gasteiger partial charge in [-0.25, -0.2) is 0 Å². The van der Waals surface area contributed by atoms with Gasteiger partial charge in [0.15, 0.2) is 0 Å². The Bertz CT molecular complexity index is 399. The summed E-state index contributed by atoms with van der Waals surface area (Å²) in [6, 6.07) is 2.79. The molecule has 1 unspecified atom stereocenters. The van der Waals surface area contributed by atoms with Crippen LogP contribution in [0.5, 0.6) is 0 Å². The molecule has 1 aromatic heterocycles. The lowest BCUT2D eigenvalue weighted by molar-refractivity contribution is 0.186. The Morgan fingerprint density at radius 2 is 2.05 bits per heavy atom. The van der Waals surface area contributed by atoms with Crippen molar-refractivity contribution in [3.63, 3.8) is 0 Å². The van der Waals surface area contributed by atoms with Crippen LogP contribution in [0, 0.1) is 5.41 Å². The summed E-state index contributed by atoms with van der Waals surface area (Å²) in [6.07, 6.45) is 11.8. The fourth-order valence-corrected chi connectivity index (χ4v) is 3.99. The summed E-state index contributed by atoms with van der Waals surface area (Å²) in [4.78, 5) is 4.30. The van der Waals surface area contributed by atoms with Gasteiger partial charge in [0.05, 0.1) is 0 Å². The Kier molecular flexibility index (Phi) is 5.40. The molecule has 2 nitrogen and oxygen atoms in total. The number of aromatic nitrogens is 1. The lowest BCUT2D eigenvalue weighted by Crippen LogP contribution is -2.45. The lowest BCUT2D eigenvalue weighted by Gasteiger charge is -2.37. The minimum absolute atomic E-state index is 0.498. The first-order valence-electron chi connectivity index (χ1n) is 7.53. The maximum Gasteiger partial charge on any atom is 0.0410 e. The van der Waals surface area contributed by atoms with Crippen molar-refractivity contribution in [3.8, 4) is 0 Å². The van der Waals surface area contributed by atoms with Crippen molar-refractivity contribution in [2.75, 3.05) is 6.54 Å². The molecule has 0 aromatic carbocycles. The van der Waals surface area contributed by atoms with Gasteiger partial charge in [0.1, 0.15) is 0 Å². The lowest BCUT2D eigenvalue weighted by atomic mass is 9.74. The molecule has 1 N–H and O–H groups in total. The summed E-state index contributed by atoms with van der Waals surface area (Å²) >= 11 is 3.52. The molecule has 106 valence electrons. The van der Waals surface area contributed by atoms with Gasteiger partial charge < -0.3 is 5.32 Å². The predicted octanol–water partition coefficient (Wildman–Crippen LogP) is 4.34. The van der Waals surface area contributed by atoms with Crippen LogP contribution in [0.15, 0.2) is 22.9 Å². The van der Waals surface area contributed by atoms with E-state index in [0.717, 1.165) is 17.4 Å². The number of hydrogen-bond donors (Lipinski definition) is 1. The normalized spacial score (nSPS) is 19.5. The van der Waals surface area contributed by atoms with Crippen LogP contribution in [0.3, 0.4) is 0 Å². The highest BCUT2D eigenvalue weighted by molar-refractivity contribution is 9.10. The average Bonchev–Trinajstić information content (AvgIpc) is 2.88. The topological polar surface area (TPSA) is 24.9 Å². The molecule has 0 radical (unpaired) electrons. The molecule has 1 aliphatic carbocycles. The second-order valence-electron chi connectivity index (χ2n) is 5.75. The number of likely N-dealkylation sites (N-methyl/N-ethyl adjacent to an activating group) is 1. The highest BCUT2D eigenvalue weighted by Crippen LogP contribution is 2.44. The van der Waals surface area contributed by atoms with Crippen molar-refractivity contribution in [2.24, 2.45) is 5.41 Å². The van der Waals surface area contributed by atoms with Crippen LogP contribution in [0.1, 0.15) is 51.5 Å². The molecule has 19 heavy (non-hydrogen) atoms. The van der Waals surface area contributed by atoms with Gasteiger partial charge in [0.2, 0.25) is 0 Å². The molecule has 1 aromatic rings. The molecule has 0 amide bonds. The van der Waals surface area contributed by atoms with Crippen LogP contribution >= 0.6 is 15.9 Å². The van der Waals surface area contributed by atoms with E-state index in [0.29, 0.717) is 11.5 Å². The van der Waals surface area contributed by atoms with Crippen LogP contribution in [0.25, 0.3) is 0 Å². The smallest absolute Gasteiger partial charge is 0.0410 e. The number of nitrogens with zero attached hydrogens (tertiary/aromatic N) is 1. The maximum absolute atomic E-state index is 4.30. The van der Waals surface area contributed by atoms with Crippen molar-refractivity contribution in [2.45, 2.75) is 58.4 Å². The van der Waals surface area contributed by atoms with Crippen molar-refractivity contribution in [1.82, 2.24) is 10.3 Å². The summed E-state index contributed by atoms with van der Waals surface area (Å²) in [5, 5.41) is 3.74. The molecule has 3 heteroatoms. The summed E-state index contributed by atoms with van der Waals surface area (Å²) < 4.78 is 1.08. The zero-order valence-electron chi connectivity index (χ0n) is 12.1. The van der Waals surface area contributed by atoms with Crippen LogP contribution < -0.4 is 5.32 Å². The molecule has 1 atom stereocenters. The molecule has 0 aliphatic heterocycles. The highest BCUT2D eigenvalue weighted by atomic mass is 79.9. The molecule has 0 spiro atoms. The summed E-state index contributed by atoms with van der Waals surface area (Å²) in [5.41, 5.74) is 1.83. The van der Waals surface area contributed by atoms with E-state index in [9.17, 15) is 0 Å². The van der Waals surface area contributed by atoms with Gasteiger partial charge in [-0.2, -0.15) is 0 Å². The molecule has 1 heterocycles. The van der Waals surface area contributed by atoms with Crippen LogP contribution in [-0.4, -0.2) is 17.6 Å². The largest absolute Gasteiger partial charge is 0.313 e. The Labute approximate surface area is 125 Å². The third-order valence-corrected chi connectivity index (χ3v) is 5.13. The second kappa shape index (κ2) is 6.85. The Hall–Kier alpha value is -0.410. The molecule has 2 rings (SSSR count). The van der Waals surface area contributed by atoms with E-state index >= 15 is 0 Å². The summed E-state index contributed by atoms with van der Waals surface area (Å²) in [5.74, 6) is 0. The van der Waals surface area contributed by atoms with Crippen LogP contribution in [0.4, 0.5) is 0 Å². The minimum Gasteiger partial charge on any atom is -0.313 e. The number of nitrogens with one attached hydrogen (secondary N) is 1. The Morgan fingerprint density at radius 3 is 2.63 bits per heavy atom. The molecular formula is C16H25BrN2. The molecule has 0 saturated heterocycles. The second-order valence-corrected chi connectivity index (χ2v) is 6.66. The molecular weight excluding hydrogens is 300 g/mol. The van der Waals surface area contributed by atoms with Crippen molar-refractivity contribution < 1.29 is 0 Å². The van der Waals surface area contributed by atoms with Gasteiger partial charge in [-0.05, 0) is 65.2 Å². The standard InChI is InChI=1S/C16H25BrN2/c1-3-16(7-5-6-8-16)15(19-4-2)10-13-9-14(17)12-18-11-13/h9,11-12,15,19H,3-8,10H2,1-2H3. The molecule has 1 saturated carbocycles. The van der Waals surface area contributed by atoms with Gasteiger partial charge in [-0.1, -0.05) is 26.7 Å². The van der Waals surface area contributed by atoms with E-state index in [1.807, 2.05) is 12.4 Å². The Morgan fingerprint density at radius 1 is 1.32 bits per heavy atom. The van der Waals surface area contributed by atoms with E-state index in [1.165, 1.54) is 37.7 Å². The van der Waals surface area contributed by atoms with Gasteiger partial charge in [-0.3, -0.25) is 4.98 Å². The van der Waals surface area contributed by atoms with E-state index in [-0.39, 0.29) is 0 Å². The third kappa shape index (κ3) is 3.57. The van der Waals surface area contributed by atoms with Crippen molar-refractivity contribution in [3.05, 3.63) is 28.5 Å². The van der Waals surface area contributed by atoms with Gasteiger partial charge >= 0.3 is 0 Å². The van der Waals surface area contributed by atoms with Crippen molar-refractivity contribution >= 4 is 15.9 Å². The Balaban J connectivity index is 2.15. The highest BCUT2D eigenvalue weighted by Gasteiger charge is 2.39. The fraction of sp³-hybridized carbons (Fsp3) is 0.688. The number of hydrogen-bond acceptors (Lipinski definition) is 2. The fourth-order valence-electron chi connectivity index (χ4n) is 3.58. The van der Waals surface area contributed by atoms with E-state index in [1.54, 1.807) is 0 Å². The quantitative estimate of drug-likeness (QED) is 0.842. The van der Waals surface area contributed by atoms with E-state index < -0.39 is 0 Å². The molecule has 0 bridgehead atoms. The van der Waals surface area contributed by atoms with Crippen LogP contribution in [-0.2, 0) is 6.42 Å². The first-order chi connectivity index (χ1) is 9.20. The van der Waals surface area contributed by atoms with Gasteiger partial charge in [-0.15, -0.1) is 0 Å². The third-order valence-electron chi connectivity index (χ3n) is 4.69. The predicted molar refractivity (Wildman–Crippen MR) is 84.3 cm³/mol. The van der Waals surface area contributed by atoms with Gasteiger partial charge in [0.25, 0.3) is 0 Å². The minimum atomic E-state index is 0.498. The number of rotatable bonds is 6. The van der Waals surface area contributed by atoms with E-state index in [4.69, 9.17) is 0 Å². The zero-order valence-corrected chi connectivity index (χ0v) is 13.7. The van der Waals surface area contributed by atoms with Crippen molar-refractivity contribution in [1.29, 1.82) is 0 Å². The van der Waals surface area contributed by atoms with E-state index in [2.05, 4.69) is 46.1 Å². The summed E-state index contributed by atoms with van der Waals surface area (Å²) in [7, 11) is 0. The van der Waals surface area contributed by atoms with Gasteiger partial charge in [0, 0.05) is 22.9 Å². The molecule has 1 aliphatic rings. The number of halogens is 1. The maximum atomic E-state index is 4.30. The number of pyridine rings is 1. The first-order valence-corrected chi connectivity index (χ1v) is 8.32.